The summed E-state index contributed by atoms with van der Waals surface area (Å²) in [5.41, 5.74) is 14.3. The second-order valence-corrected chi connectivity index (χ2v) is 16.3. The first-order chi connectivity index (χ1) is 30.4. The van der Waals surface area contributed by atoms with E-state index in [1.807, 2.05) is 30.5 Å². The molecule has 306 valence electrons. The summed E-state index contributed by atoms with van der Waals surface area (Å²) >= 11 is 0. The van der Waals surface area contributed by atoms with Gasteiger partial charge in [0.25, 0.3) is 0 Å². The number of aromatic hydroxyl groups is 1. The summed E-state index contributed by atoms with van der Waals surface area (Å²) < 4.78 is 4.52. The van der Waals surface area contributed by atoms with Gasteiger partial charge in [-0.3, -0.25) is 9.55 Å². The number of para-hydroxylation sites is 5. The van der Waals surface area contributed by atoms with E-state index in [0.29, 0.717) is 11.4 Å². The normalized spacial score (nSPS) is 11.6. The molecule has 0 bridgehead atoms. The first-order valence-electron chi connectivity index (χ1n) is 21.0. The Morgan fingerprint density at radius 2 is 1.13 bits per heavy atom. The molecule has 0 spiro atoms. The molecule has 63 heavy (non-hydrogen) atoms. The molecule has 0 atom stereocenters. The molecule has 6 heteroatoms. The quantitative estimate of drug-likeness (QED) is 0.154. The van der Waals surface area contributed by atoms with Gasteiger partial charge in [0.2, 0.25) is 0 Å². The molecule has 0 saturated heterocycles. The fraction of sp³-hybridized carbons (Fsp3) is 0.0526. The van der Waals surface area contributed by atoms with Gasteiger partial charge < -0.3 is 9.67 Å². The Morgan fingerprint density at radius 3 is 1.90 bits per heavy atom. The van der Waals surface area contributed by atoms with Gasteiger partial charge in [-0.1, -0.05) is 165 Å². The van der Waals surface area contributed by atoms with Gasteiger partial charge in [0.1, 0.15) is 11.6 Å². The minimum absolute atomic E-state index is 0. The zero-order chi connectivity index (χ0) is 41.8. The van der Waals surface area contributed by atoms with Crippen LogP contribution in [0.5, 0.6) is 5.75 Å². The maximum Gasteiger partial charge on any atom is 0.148 e. The Kier molecular flexibility index (Phi) is 10.2. The molecule has 0 amide bonds. The van der Waals surface area contributed by atoms with E-state index in [9.17, 15) is 5.11 Å². The number of pyridine rings is 1. The second-order valence-electron chi connectivity index (χ2n) is 16.3. The number of hydrogen-bond donors (Lipinski definition) is 1. The van der Waals surface area contributed by atoms with Crippen molar-refractivity contribution in [2.75, 3.05) is 0 Å². The first-order valence-corrected chi connectivity index (χ1v) is 21.0. The van der Waals surface area contributed by atoms with Crippen molar-refractivity contribution < 1.29 is 26.2 Å². The van der Waals surface area contributed by atoms with E-state index in [1.54, 1.807) is 6.07 Å². The molecular weight excluding hydrogens is 952 g/mol. The summed E-state index contributed by atoms with van der Waals surface area (Å²) in [5.74, 6) is 0.813. The number of aromatic nitrogens is 4. The number of phenolic OH excluding ortho intramolecular Hbond substituents is 1. The SMILES string of the molecule is CC(C)(c1ccccc1)c1cc(-c2cc3c(cn2)c2ccccc2n3-c2ccccc2)[c-]c(-c2cccc3c2nc(-c2ccccc2O)n3-c2ccccc2-c2ccccc2)c1.[Pt]. The predicted octanol–water partition coefficient (Wildman–Crippen LogP) is 14.0. The molecule has 3 heterocycles. The topological polar surface area (TPSA) is 55.9 Å². The van der Waals surface area contributed by atoms with Crippen molar-refractivity contribution in [3.63, 3.8) is 0 Å². The molecule has 0 aliphatic rings. The molecular formula is C57H41N4OPt-. The third-order valence-corrected chi connectivity index (χ3v) is 12.3. The predicted molar refractivity (Wildman–Crippen MR) is 254 cm³/mol. The molecule has 11 rings (SSSR count). The molecule has 0 fully saturated rings. The zero-order valence-corrected chi connectivity index (χ0v) is 37.0. The van der Waals surface area contributed by atoms with Crippen LogP contribution in [-0.4, -0.2) is 24.2 Å². The van der Waals surface area contributed by atoms with E-state index in [2.05, 4.69) is 199 Å². The van der Waals surface area contributed by atoms with E-state index in [4.69, 9.17) is 9.97 Å². The van der Waals surface area contributed by atoms with E-state index in [1.165, 1.54) is 5.56 Å². The molecule has 5 nitrogen and oxygen atoms in total. The van der Waals surface area contributed by atoms with Gasteiger partial charge in [0.05, 0.1) is 33.3 Å². The van der Waals surface area contributed by atoms with Crippen LogP contribution in [0.4, 0.5) is 0 Å². The van der Waals surface area contributed by atoms with Gasteiger partial charge >= 0.3 is 0 Å². The largest absolute Gasteiger partial charge is 0.507 e. The minimum Gasteiger partial charge on any atom is -0.507 e. The van der Waals surface area contributed by atoms with Crippen LogP contribution in [0.15, 0.2) is 206 Å². The molecule has 0 radical (unpaired) electrons. The molecule has 0 aliphatic carbocycles. The summed E-state index contributed by atoms with van der Waals surface area (Å²) in [6.07, 6.45) is 2.01. The summed E-state index contributed by atoms with van der Waals surface area (Å²) in [4.78, 5) is 10.6. The van der Waals surface area contributed by atoms with Crippen LogP contribution >= 0.6 is 0 Å². The number of phenols is 1. The second kappa shape index (κ2) is 16.2. The van der Waals surface area contributed by atoms with Crippen LogP contribution in [0.3, 0.4) is 0 Å². The average molecular weight is 993 g/mol. The van der Waals surface area contributed by atoms with E-state index in [0.717, 1.165) is 83.3 Å². The Hall–Kier alpha value is -7.33. The monoisotopic (exact) mass is 992 g/mol. The Morgan fingerprint density at radius 1 is 0.508 bits per heavy atom. The minimum atomic E-state index is -0.369. The number of rotatable bonds is 8. The Labute approximate surface area is 380 Å². The summed E-state index contributed by atoms with van der Waals surface area (Å²) in [6, 6.07) is 72.9. The van der Waals surface area contributed by atoms with E-state index in [-0.39, 0.29) is 32.2 Å². The van der Waals surface area contributed by atoms with Crippen molar-refractivity contribution in [3.05, 3.63) is 224 Å². The van der Waals surface area contributed by atoms with E-state index >= 15 is 0 Å². The van der Waals surface area contributed by atoms with Crippen LogP contribution in [0.2, 0.25) is 0 Å². The molecule has 0 saturated carbocycles. The van der Waals surface area contributed by atoms with Crippen molar-refractivity contribution in [2.24, 2.45) is 0 Å². The summed E-state index contributed by atoms with van der Waals surface area (Å²) in [7, 11) is 0. The first kappa shape index (κ1) is 39.8. The van der Waals surface area contributed by atoms with Gasteiger partial charge in [-0.05, 0) is 59.7 Å². The Bertz CT molecular complexity index is 3450. The molecule has 3 aromatic heterocycles. The Balaban J connectivity index is 0.00000471. The molecule has 0 unspecified atom stereocenters. The van der Waals surface area contributed by atoms with Crippen LogP contribution < -0.4 is 0 Å². The molecule has 0 aliphatic heterocycles. The van der Waals surface area contributed by atoms with E-state index < -0.39 is 0 Å². The zero-order valence-electron chi connectivity index (χ0n) is 34.7. The average Bonchev–Trinajstić information content (AvgIpc) is 3.88. The fourth-order valence-corrected chi connectivity index (χ4v) is 9.04. The summed E-state index contributed by atoms with van der Waals surface area (Å²) in [5, 5.41) is 13.6. The van der Waals surface area contributed by atoms with Crippen molar-refractivity contribution in [2.45, 2.75) is 19.3 Å². The standard InChI is InChI=1S/C57H41N4O.Pt/c1-57(2,41-21-8-4-9-22-41)42-34-39(33-40(35-42)49-36-53-48(37-58-49)46-26-13-16-30-51(46)60(53)43-23-10-5-11-24-43)45-28-18-31-52-55(45)59-56(47-27-14-17-32-54(47)62)61(52)50-29-15-12-25-44(50)38-19-6-3-7-20-38;/h3-32,34-37,62H,1-2H3;/q-1;. The van der Waals surface area contributed by atoms with Crippen LogP contribution in [0.25, 0.3) is 89.1 Å². The summed E-state index contributed by atoms with van der Waals surface area (Å²) in [6.45, 7) is 4.56. The number of fused-ring (bicyclic) bond motifs is 4. The molecule has 8 aromatic carbocycles. The fourth-order valence-electron chi connectivity index (χ4n) is 9.04. The van der Waals surface area contributed by atoms with Gasteiger partial charge in [-0.25, -0.2) is 4.98 Å². The van der Waals surface area contributed by atoms with Gasteiger partial charge in [-0.2, -0.15) is 0 Å². The van der Waals surface area contributed by atoms with Crippen molar-refractivity contribution in [1.29, 1.82) is 0 Å². The number of hydrogen-bond acceptors (Lipinski definition) is 3. The van der Waals surface area contributed by atoms with Crippen molar-refractivity contribution in [1.82, 2.24) is 19.1 Å². The maximum absolute atomic E-state index is 11.4. The smallest absolute Gasteiger partial charge is 0.148 e. The van der Waals surface area contributed by atoms with Crippen LogP contribution in [-0.2, 0) is 26.5 Å². The third kappa shape index (κ3) is 6.86. The van der Waals surface area contributed by atoms with Gasteiger partial charge in [0, 0.05) is 60.4 Å². The third-order valence-electron chi connectivity index (χ3n) is 12.3. The number of nitrogens with zero attached hydrogens (tertiary/aromatic N) is 4. The van der Waals surface area contributed by atoms with Crippen molar-refractivity contribution in [3.8, 4) is 62.0 Å². The van der Waals surface area contributed by atoms with Crippen molar-refractivity contribution >= 4 is 32.8 Å². The van der Waals surface area contributed by atoms with Gasteiger partial charge in [-0.15, -0.1) is 29.3 Å². The van der Waals surface area contributed by atoms with Gasteiger partial charge in [0.15, 0.2) is 0 Å². The van der Waals surface area contributed by atoms with Crippen LogP contribution in [0, 0.1) is 6.07 Å². The van der Waals surface area contributed by atoms with Crippen LogP contribution in [0.1, 0.15) is 25.0 Å². The molecule has 1 N–H and O–H groups in total. The number of imidazole rings is 1. The molecule has 11 aromatic rings. The maximum atomic E-state index is 11.4. The number of benzene rings is 8.